The third-order valence-corrected chi connectivity index (χ3v) is 5.22. The predicted octanol–water partition coefficient (Wildman–Crippen LogP) is 5.94. The van der Waals surface area contributed by atoms with Crippen LogP contribution in [0.1, 0.15) is 36.0 Å². The van der Waals surface area contributed by atoms with Crippen molar-refractivity contribution in [2.75, 3.05) is 14.1 Å². The van der Waals surface area contributed by atoms with E-state index in [9.17, 15) is 0 Å². The summed E-state index contributed by atoms with van der Waals surface area (Å²) in [4.78, 5) is 1.03. The average molecular weight is 362 g/mol. The fourth-order valence-corrected chi connectivity index (χ4v) is 3.83. The van der Waals surface area contributed by atoms with Crippen molar-refractivity contribution < 1.29 is 0 Å². The number of thiol groups is 1. The van der Waals surface area contributed by atoms with Crippen LogP contribution >= 0.6 is 12.6 Å². The number of allylic oxidation sites excluding steroid dienone is 5. The highest BCUT2D eigenvalue weighted by molar-refractivity contribution is 7.80. The van der Waals surface area contributed by atoms with Gasteiger partial charge in [0.1, 0.15) is 0 Å². The van der Waals surface area contributed by atoms with E-state index < -0.39 is 0 Å². The predicted molar refractivity (Wildman–Crippen MR) is 117 cm³/mol. The summed E-state index contributed by atoms with van der Waals surface area (Å²) >= 11 is 4.63. The summed E-state index contributed by atoms with van der Waals surface area (Å²) in [7, 11) is 3.75. The Morgan fingerprint density at radius 3 is 2.46 bits per heavy atom. The first-order chi connectivity index (χ1) is 12.7. The Kier molecular flexibility index (Phi) is 6.54. The van der Waals surface area contributed by atoms with Crippen LogP contribution < -0.4 is 5.32 Å². The fourth-order valence-electron chi connectivity index (χ4n) is 3.60. The van der Waals surface area contributed by atoms with E-state index in [0.29, 0.717) is 0 Å². The van der Waals surface area contributed by atoms with Gasteiger partial charge in [-0.3, -0.25) is 0 Å². The zero-order chi connectivity index (χ0) is 18.4. The lowest BCUT2D eigenvalue weighted by Gasteiger charge is -2.17. The number of fused-ring (bicyclic) bond motifs is 1. The van der Waals surface area contributed by atoms with Crippen LogP contribution in [0.2, 0.25) is 0 Å². The van der Waals surface area contributed by atoms with Crippen molar-refractivity contribution in [3.8, 4) is 0 Å². The smallest absolute Gasteiger partial charge is 0.0113 e. The van der Waals surface area contributed by atoms with Crippen molar-refractivity contribution in [2.45, 2.75) is 30.6 Å². The minimum atomic E-state index is 1.03. The van der Waals surface area contributed by atoms with Crippen molar-refractivity contribution in [3.63, 3.8) is 0 Å². The van der Waals surface area contributed by atoms with Gasteiger partial charge in [-0.1, -0.05) is 60.2 Å². The number of benzene rings is 2. The molecular formula is C24H27NS. The summed E-state index contributed by atoms with van der Waals surface area (Å²) in [6, 6.07) is 17.2. The summed E-state index contributed by atoms with van der Waals surface area (Å²) in [5.41, 5.74) is 8.40. The third-order valence-electron chi connectivity index (χ3n) is 4.81. The summed E-state index contributed by atoms with van der Waals surface area (Å²) < 4.78 is 0. The van der Waals surface area contributed by atoms with Gasteiger partial charge in [0.2, 0.25) is 0 Å². The third kappa shape index (κ3) is 4.20. The highest BCUT2D eigenvalue weighted by atomic mass is 32.1. The molecule has 0 heterocycles. The largest absolute Gasteiger partial charge is 0.323 e. The Morgan fingerprint density at radius 1 is 0.923 bits per heavy atom. The maximum atomic E-state index is 4.63. The summed E-state index contributed by atoms with van der Waals surface area (Å²) in [6.45, 7) is 0. The molecule has 0 spiro atoms. The first kappa shape index (κ1) is 18.8. The maximum absolute atomic E-state index is 4.63. The molecule has 2 aromatic rings. The second-order valence-electron chi connectivity index (χ2n) is 6.73. The van der Waals surface area contributed by atoms with E-state index in [2.05, 4.69) is 78.6 Å². The lowest BCUT2D eigenvalue weighted by molar-refractivity contribution is 0.838. The molecule has 0 fully saturated rings. The molecule has 0 unspecified atom stereocenters. The van der Waals surface area contributed by atoms with Crippen molar-refractivity contribution in [1.29, 1.82) is 0 Å². The average Bonchev–Trinajstić information content (AvgIpc) is 2.82. The molecule has 0 saturated heterocycles. The van der Waals surface area contributed by atoms with E-state index in [4.69, 9.17) is 0 Å². The van der Waals surface area contributed by atoms with Crippen molar-refractivity contribution in [3.05, 3.63) is 88.5 Å². The summed E-state index contributed by atoms with van der Waals surface area (Å²) in [6.07, 6.45) is 11.6. The normalized spacial score (nSPS) is 17.1. The topological polar surface area (TPSA) is 12.0 Å². The Balaban J connectivity index is 0.000000613. The number of hydrogen-bond acceptors (Lipinski definition) is 2. The van der Waals surface area contributed by atoms with Gasteiger partial charge in [-0.05, 0) is 79.8 Å². The molecular weight excluding hydrogens is 334 g/mol. The molecule has 2 aliphatic rings. The Bertz CT molecular complexity index is 858. The molecule has 2 heteroatoms. The number of aryl methyl sites for hydroxylation is 1. The van der Waals surface area contributed by atoms with Gasteiger partial charge in [0.05, 0.1) is 0 Å². The first-order valence-electron chi connectivity index (χ1n) is 9.30. The van der Waals surface area contributed by atoms with Gasteiger partial charge in [0, 0.05) is 4.90 Å². The Hall–Kier alpha value is -2.03. The minimum absolute atomic E-state index is 1.03. The van der Waals surface area contributed by atoms with Crippen LogP contribution in [0.4, 0.5) is 0 Å². The summed E-state index contributed by atoms with van der Waals surface area (Å²) in [5.74, 6) is 0. The van der Waals surface area contributed by atoms with Crippen molar-refractivity contribution in [2.24, 2.45) is 0 Å². The molecule has 1 nitrogen and oxygen atoms in total. The van der Waals surface area contributed by atoms with Crippen LogP contribution in [-0.4, -0.2) is 14.1 Å². The van der Waals surface area contributed by atoms with E-state index in [0.717, 1.165) is 11.3 Å². The number of hydrogen-bond donors (Lipinski definition) is 2. The molecule has 0 radical (unpaired) electrons. The van der Waals surface area contributed by atoms with E-state index >= 15 is 0 Å². The van der Waals surface area contributed by atoms with Gasteiger partial charge in [-0.25, -0.2) is 0 Å². The zero-order valence-electron chi connectivity index (χ0n) is 15.6. The van der Waals surface area contributed by atoms with E-state index in [-0.39, 0.29) is 0 Å². The molecule has 0 aromatic heterocycles. The van der Waals surface area contributed by atoms with Crippen molar-refractivity contribution in [1.82, 2.24) is 5.32 Å². The van der Waals surface area contributed by atoms with Gasteiger partial charge in [0.25, 0.3) is 0 Å². The molecule has 0 bridgehead atoms. The van der Waals surface area contributed by atoms with Gasteiger partial charge >= 0.3 is 0 Å². The minimum Gasteiger partial charge on any atom is -0.323 e. The number of nitrogens with one attached hydrogen (secondary N) is 1. The van der Waals surface area contributed by atoms with Crippen LogP contribution in [0.3, 0.4) is 0 Å². The molecule has 4 rings (SSSR count). The molecule has 134 valence electrons. The maximum Gasteiger partial charge on any atom is 0.0113 e. The van der Waals surface area contributed by atoms with E-state index in [1.807, 2.05) is 20.2 Å². The second-order valence-corrected chi connectivity index (χ2v) is 7.21. The quantitative estimate of drug-likeness (QED) is 0.599. The lowest BCUT2D eigenvalue weighted by atomic mass is 9.88. The first-order valence-corrected chi connectivity index (χ1v) is 9.74. The van der Waals surface area contributed by atoms with Crippen LogP contribution in [-0.2, 0) is 6.42 Å². The standard InChI is InChI=1S/C22H20S.C2H7N/c23-22-12-6-3-9-18(22)15-21-19-10-4-1-7-16(19)13-14-17-8-2-5-11-20(17)21;1-3-2/h1,3-7,9-12,15,23H,2,8,13-14H2;3H,1-2H3/b21-15-;. The van der Waals surface area contributed by atoms with Crippen LogP contribution in [0.25, 0.3) is 11.6 Å². The second kappa shape index (κ2) is 9.07. The van der Waals surface area contributed by atoms with Crippen LogP contribution in [0.15, 0.2) is 76.7 Å². The summed E-state index contributed by atoms with van der Waals surface area (Å²) in [5, 5.41) is 2.75. The molecule has 0 atom stereocenters. The monoisotopic (exact) mass is 361 g/mol. The van der Waals surface area contributed by atoms with Crippen LogP contribution in [0, 0.1) is 0 Å². The molecule has 2 aliphatic carbocycles. The van der Waals surface area contributed by atoms with Gasteiger partial charge < -0.3 is 5.32 Å². The van der Waals surface area contributed by atoms with Crippen molar-refractivity contribution >= 4 is 24.3 Å². The molecule has 1 N–H and O–H groups in total. The van der Waals surface area contributed by atoms with Crippen LogP contribution in [0.5, 0.6) is 0 Å². The van der Waals surface area contributed by atoms with Gasteiger partial charge in [-0.15, -0.1) is 12.6 Å². The Morgan fingerprint density at radius 2 is 1.65 bits per heavy atom. The number of rotatable bonds is 1. The molecule has 0 aliphatic heterocycles. The fraction of sp³-hybridized carbons (Fsp3) is 0.250. The zero-order valence-corrected chi connectivity index (χ0v) is 16.5. The molecule has 26 heavy (non-hydrogen) atoms. The molecule has 0 saturated carbocycles. The van der Waals surface area contributed by atoms with E-state index in [1.165, 1.54) is 47.1 Å². The van der Waals surface area contributed by atoms with Gasteiger partial charge in [0.15, 0.2) is 0 Å². The highest BCUT2D eigenvalue weighted by Crippen LogP contribution is 2.39. The highest BCUT2D eigenvalue weighted by Gasteiger charge is 2.20. The molecule has 2 aromatic carbocycles. The Labute approximate surface area is 162 Å². The van der Waals surface area contributed by atoms with Gasteiger partial charge in [-0.2, -0.15) is 0 Å². The van der Waals surface area contributed by atoms with E-state index in [1.54, 1.807) is 5.57 Å². The molecule has 0 amide bonds. The SMILES string of the molecule is CNC.Sc1ccccc1/C=C1\C2=C(CCC=C2)CCc2ccccc21. The lowest BCUT2D eigenvalue weighted by Crippen LogP contribution is -1.96.